The molecule has 0 saturated carbocycles. The van der Waals surface area contributed by atoms with Crippen LogP contribution in [0.4, 0.5) is 8.78 Å². The van der Waals surface area contributed by atoms with Crippen molar-refractivity contribution in [3.05, 3.63) is 34.9 Å². The number of rotatable bonds is 5. The molecule has 0 radical (unpaired) electrons. The summed E-state index contributed by atoms with van der Waals surface area (Å²) >= 11 is 0. The summed E-state index contributed by atoms with van der Waals surface area (Å²) < 4.78 is 51.3. The summed E-state index contributed by atoms with van der Waals surface area (Å²) in [4.78, 5) is 0. The SMILES string of the molecule is CCNC(c1c(F)ccc(C)c1F)C(C)S(C)(=O)=O. The molecule has 2 unspecified atom stereocenters. The molecular weight excluding hydrogens is 272 g/mol. The minimum Gasteiger partial charge on any atom is -0.309 e. The quantitative estimate of drug-likeness (QED) is 0.906. The summed E-state index contributed by atoms with van der Waals surface area (Å²) in [5.74, 6) is -1.42. The van der Waals surface area contributed by atoms with E-state index in [1.54, 1.807) is 6.92 Å². The Morgan fingerprint density at radius 1 is 1.32 bits per heavy atom. The summed E-state index contributed by atoms with van der Waals surface area (Å²) in [7, 11) is -3.41. The van der Waals surface area contributed by atoms with Crippen LogP contribution in [-0.4, -0.2) is 26.5 Å². The molecule has 2 atom stereocenters. The van der Waals surface area contributed by atoms with E-state index in [2.05, 4.69) is 5.32 Å². The van der Waals surface area contributed by atoms with Crippen LogP contribution in [-0.2, 0) is 9.84 Å². The Hall–Kier alpha value is -1.01. The molecule has 0 aliphatic heterocycles. The highest BCUT2D eigenvalue weighted by Crippen LogP contribution is 2.28. The van der Waals surface area contributed by atoms with Crippen molar-refractivity contribution < 1.29 is 17.2 Å². The molecule has 6 heteroatoms. The second kappa shape index (κ2) is 5.96. The number of aryl methyl sites for hydroxylation is 1. The summed E-state index contributed by atoms with van der Waals surface area (Å²) in [5, 5.41) is 1.94. The molecule has 108 valence electrons. The van der Waals surface area contributed by atoms with Crippen LogP contribution in [0.1, 0.15) is 31.0 Å². The van der Waals surface area contributed by atoms with Crippen LogP contribution in [0.15, 0.2) is 12.1 Å². The Kier molecular flexibility index (Phi) is 5.04. The van der Waals surface area contributed by atoms with Gasteiger partial charge in [-0.2, -0.15) is 0 Å². The third kappa shape index (κ3) is 3.51. The Morgan fingerprint density at radius 2 is 1.89 bits per heavy atom. The molecule has 1 aromatic rings. The van der Waals surface area contributed by atoms with Crippen molar-refractivity contribution in [1.29, 1.82) is 0 Å². The second-order valence-electron chi connectivity index (χ2n) is 4.66. The van der Waals surface area contributed by atoms with E-state index in [0.29, 0.717) is 12.1 Å². The molecular formula is C13H19F2NO2S. The van der Waals surface area contributed by atoms with Gasteiger partial charge < -0.3 is 5.32 Å². The van der Waals surface area contributed by atoms with Crippen molar-refractivity contribution in [3.8, 4) is 0 Å². The fraction of sp³-hybridized carbons (Fsp3) is 0.538. The predicted octanol–water partition coefficient (Wildman–Crippen LogP) is 2.36. The smallest absolute Gasteiger partial charge is 0.151 e. The molecule has 0 aliphatic carbocycles. The van der Waals surface area contributed by atoms with Crippen molar-refractivity contribution in [2.24, 2.45) is 0 Å². The highest BCUT2D eigenvalue weighted by atomic mass is 32.2. The Labute approximate surface area is 112 Å². The average molecular weight is 291 g/mol. The monoisotopic (exact) mass is 291 g/mol. The molecule has 1 N–H and O–H groups in total. The molecule has 0 bridgehead atoms. The first-order valence-electron chi connectivity index (χ1n) is 6.06. The van der Waals surface area contributed by atoms with E-state index < -0.39 is 32.8 Å². The topological polar surface area (TPSA) is 46.2 Å². The van der Waals surface area contributed by atoms with Gasteiger partial charge in [0.15, 0.2) is 9.84 Å². The lowest BCUT2D eigenvalue weighted by molar-refractivity contribution is 0.458. The average Bonchev–Trinajstić information content (AvgIpc) is 2.31. The molecule has 0 saturated heterocycles. The van der Waals surface area contributed by atoms with Gasteiger partial charge in [0.05, 0.1) is 11.3 Å². The van der Waals surface area contributed by atoms with Gasteiger partial charge in [-0.15, -0.1) is 0 Å². The largest absolute Gasteiger partial charge is 0.309 e. The molecule has 19 heavy (non-hydrogen) atoms. The summed E-state index contributed by atoms with van der Waals surface area (Å²) in [5.41, 5.74) is 0.0831. The Bertz CT molecular complexity index is 558. The number of nitrogens with one attached hydrogen (secondary N) is 1. The first kappa shape index (κ1) is 16.0. The normalized spacial score (nSPS) is 15.3. The minimum absolute atomic E-state index is 0.209. The predicted molar refractivity (Wildman–Crippen MR) is 71.8 cm³/mol. The van der Waals surface area contributed by atoms with Crippen LogP contribution in [0.2, 0.25) is 0 Å². The molecule has 1 aromatic carbocycles. The first-order valence-corrected chi connectivity index (χ1v) is 8.02. The number of benzene rings is 1. The van der Waals surface area contributed by atoms with Gasteiger partial charge in [0.2, 0.25) is 0 Å². The molecule has 0 aliphatic rings. The highest BCUT2D eigenvalue weighted by Gasteiger charge is 2.31. The second-order valence-corrected chi connectivity index (χ2v) is 7.06. The number of halogens is 2. The van der Waals surface area contributed by atoms with Gasteiger partial charge in [-0.05, 0) is 32.0 Å². The number of hydrogen-bond acceptors (Lipinski definition) is 3. The van der Waals surface area contributed by atoms with Gasteiger partial charge in [-0.1, -0.05) is 13.0 Å². The standard InChI is InChI=1S/C13H19F2NO2S/c1-5-16-13(9(3)19(4,17)18)11-10(14)7-6-8(2)12(11)15/h6-7,9,13,16H,5H2,1-4H3. The zero-order valence-corrected chi connectivity index (χ0v) is 12.3. The van der Waals surface area contributed by atoms with E-state index in [1.165, 1.54) is 19.9 Å². The van der Waals surface area contributed by atoms with Gasteiger partial charge in [0, 0.05) is 11.8 Å². The van der Waals surface area contributed by atoms with Gasteiger partial charge in [-0.25, -0.2) is 17.2 Å². The molecule has 3 nitrogen and oxygen atoms in total. The Balaban J connectivity index is 3.39. The maximum absolute atomic E-state index is 14.1. The molecule has 0 aromatic heterocycles. The van der Waals surface area contributed by atoms with Gasteiger partial charge in [0.25, 0.3) is 0 Å². The van der Waals surface area contributed by atoms with E-state index >= 15 is 0 Å². The van der Waals surface area contributed by atoms with Crippen LogP contribution in [0.25, 0.3) is 0 Å². The first-order chi connectivity index (χ1) is 8.70. The van der Waals surface area contributed by atoms with Crippen molar-refractivity contribution in [3.63, 3.8) is 0 Å². The third-order valence-electron chi connectivity index (χ3n) is 3.20. The van der Waals surface area contributed by atoms with Crippen molar-refractivity contribution >= 4 is 9.84 Å². The van der Waals surface area contributed by atoms with E-state index in [0.717, 1.165) is 12.3 Å². The lowest BCUT2D eigenvalue weighted by Gasteiger charge is -2.25. The molecule has 1 rings (SSSR count). The number of hydrogen-bond donors (Lipinski definition) is 1. The van der Waals surface area contributed by atoms with Gasteiger partial charge >= 0.3 is 0 Å². The molecule has 0 amide bonds. The maximum atomic E-state index is 14.1. The molecule has 0 spiro atoms. The van der Waals surface area contributed by atoms with E-state index in [4.69, 9.17) is 0 Å². The fourth-order valence-corrected chi connectivity index (χ4v) is 2.66. The van der Waals surface area contributed by atoms with Crippen molar-refractivity contribution in [1.82, 2.24) is 5.32 Å². The van der Waals surface area contributed by atoms with Crippen LogP contribution in [0, 0.1) is 18.6 Å². The zero-order chi connectivity index (χ0) is 14.8. The van der Waals surface area contributed by atoms with E-state index in [-0.39, 0.29) is 5.56 Å². The Morgan fingerprint density at radius 3 is 2.37 bits per heavy atom. The lowest BCUT2D eigenvalue weighted by Crippen LogP contribution is -2.36. The van der Waals surface area contributed by atoms with Crippen LogP contribution < -0.4 is 5.32 Å². The molecule has 0 fully saturated rings. The number of sulfone groups is 1. The molecule has 0 heterocycles. The van der Waals surface area contributed by atoms with Crippen LogP contribution in [0.5, 0.6) is 0 Å². The third-order valence-corrected chi connectivity index (χ3v) is 4.82. The summed E-state index contributed by atoms with van der Waals surface area (Å²) in [6.45, 7) is 5.14. The van der Waals surface area contributed by atoms with Gasteiger partial charge in [0.1, 0.15) is 11.6 Å². The van der Waals surface area contributed by atoms with Crippen LogP contribution in [0.3, 0.4) is 0 Å². The van der Waals surface area contributed by atoms with Crippen molar-refractivity contribution in [2.75, 3.05) is 12.8 Å². The van der Waals surface area contributed by atoms with E-state index in [9.17, 15) is 17.2 Å². The lowest BCUT2D eigenvalue weighted by atomic mass is 10.00. The van der Waals surface area contributed by atoms with Crippen LogP contribution >= 0.6 is 0 Å². The fourth-order valence-electron chi connectivity index (χ4n) is 1.93. The summed E-state index contributed by atoms with van der Waals surface area (Å²) in [6, 6.07) is 1.59. The van der Waals surface area contributed by atoms with Crippen molar-refractivity contribution in [2.45, 2.75) is 32.1 Å². The minimum atomic E-state index is -3.41. The highest BCUT2D eigenvalue weighted by molar-refractivity contribution is 7.91. The van der Waals surface area contributed by atoms with Gasteiger partial charge in [-0.3, -0.25) is 0 Å². The summed E-state index contributed by atoms with van der Waals surface area (Å²) in [6.07, 6.45) is 1.06. The maximum Gasteiger partial charge on any atom is 0.151 e. The zero-order valence-electron chi connectivity index (χ0n) is 11.5. The van der Waals surface area contributed by atoms with E-state index in [1.807, 2.05) is 0 Å².